The fourth-order valence-electron chi connectivity index (χ4n) is 7.71. The molecule has 0 rings (SSSR count). The first-order valence-corrected chi connectivity index (χ1v) is 22.1. The van der Waals surface area contributed by atoms with Gasteiger partial charge in [0.05, 0.1) is 5.41 Å². The standard InChI is InChI=1S/C45H88O4/c1-41(2)35-29-23-19-15-11-7-5-9-13-17-21-26-32-38-45(44(48)49,40-34-28-25-31-37-43(46)47)39-33-27-22-18-14-10-6-8-12-16-20-24-30-36-42(3)4/h41-42H,5-40H2,1-4H3,(H,46,47)(H,48,49). The van der Waals surface area contributed by atoms with Crippen LogP contribution in [0.25, 0.3) is 0 Å². The van der Waals surface area contributed by atoms with Crippen molar-refractivity contribution in [3.8, 4) is 0 Å². The van der Waals surface area contributed by atoms with Gasteiger partial charge in [-0.25, -0.2) is 0 Å². The van der Waals surface area contributed by atoms with Crippen molar-refractivity contribution < 1.29 is 19.8 Å². The molecule has 49 heavy (non-hydrogen) atoms. The second kappa shape index (κ2) is 35.3. The van der Waals surface area contributed by atoms with Crippen LogP contribution in [0.5, 0.6) is 0 Å². The predicted molar refractivity (Wildman–Crippen MR) is 214 cm³/mol. The lowest BCUT2D eigenvalue weighted by atomic mass is 9.74. The van der Waals surface area contributed by atoms with Crippen LogP contribution in [0.15, 0.2) is 0 Å². The van der Waals surface area contributed by atoms with E-state index in [1.165, 1.54) is 154 Å². The fraction of sp³-hybridized carbons (Fsp3) is 0.956. The summed E-state index contributed by atoms with van der Waals surface area (Å²) < 4.78 is 0. The Hall–Kier alpha value is -1.06. The molecular weight excluding hydrogens is 604 g/mol. The highest BCUT2D eigenvalue weighted by atomic mass is 16.4. The molecule has 0 fully saturated rings. The predicted octanol–water partition coefficient (Wildman–Crippen LogP) is 15.5. The van der Waals surface area contributed by atoms with Gasteiger partial charge >= 0.3 is 11.9 Å². The summed E-state index contributed by atoms with van der Waals surface area (Å²) in [6, 6.07) is 0. The maximum absolute atomic E-state index is 12.7. The first-order valence-electron chi connectivity index (χ1n) is 22.1. The average molecular weight is 693 g/mol. The van der Waals surface area contributed by atoms with E-state index in [1.807, 2.05) is 0 Å². The third-order valence-corrected chi connectivity index (χ3v) is 11.1. The minimum absolute atomic E-state index is 0.223. The minimum atomic E-state index is -0.731. The number of hydrogen-bond donors (Lipinski definition) is 2. The van der Waals surface area contributed by atoms with Crippen molar-refractivity contribution >= 4 is 11.9 Å². The van der Waals surface area contributed by atoms with Gasteiger partial charge in [0.2, 0.25) is 0 Å². The van der Waals surface area contributed by atoms with Crippen molar-refractivity contribution in [1.82, 2.24) is 0 Å². The number of carboxylic acid groups (broad SMARTS) is 2. The van der Waals surface area contributed by atoms with E-state index in [2.05, 4.69) is 27.7 Å². The summed E-state index contributed by atoms with van der Waals surface area (Å²) in [6.07, 6.45) is 43.2. The highest BCUT2D eigenvalue weighted by Gasteiger charge is 2.36. The van der Waals surface area contributed by atoms with Crippen molar-refractivity contribution in [2.75, 3.05) is 0 Å². The van der Waals surface area contributed by atoms with Gasteiger partial charge in [-0.2, -0.15) is 0 Å². The van der Waals surface area contributed by atoms with Crippen molar-refractivity contribution in [3.05, 3.63) is 0 Å². The average Bonchev–Trinajstić information content (AvgIpc) is 3.05. The maximum atomic E-state index is 12.7. The van der Waals surface area contributed by atoms with Crippen molar-refractivity contribution in [2.45, 2.75) is 259 Å². The summed E-state index contributed by atoms with van der Waals surface area (Å²) in [5.74, 6) is 0.380. The van der Waals surface area contributed by atoms with Crippen LogP contribution in [-0.4, -0.2) is 22.2 Å². The van der Waals surface area contributed by atoms with E-state index in [0.717, 1.165) is 76.0 Å². The molecule has 0 bridgehead atoms. The summed E-state index contributed by atoms with van der Waals surface area (Å²) in [6.45, 7) is 9.29. The van der Waals surface area contributed by atoms with E-state index in [9.17, 15) is 14.7 Å². The van der Waals surface area contributed by atoms with E-state index in [0.29, 0.717) is 6.42 Å². The van der Waals surface area contributed by atoms with Crippen molar-refractivity contribution in [3.63, 3.8) is 0 Å². The van der Waals surface area contributed by atoms with Crippen molar-refractivity contribution in [1.29, 1.82) is 0 Å². The molecule has 0 spiro atoms. The Morgan fingerprint density at radius 1 is 0.367 bits per heavy atom. The summed E-state index contributed by atoms with van der Waals surface area (Å²) in [7, 11) is 0. The topological polar surface area (TPSA) is 74.6 Å². The molecule has 0 unspecified atom stereocenters. The van der Waals surface area contributed by atoms with Gasteiger partial charge in [-0.05, 0) is 37.5 Å². The fourth-order valence-corrected chi connectivity index (χ4v) is 7.71. The molecule has 0 aromatic heterocycles. The van der Waals surface area contributed by atoms with Crippen LogP contribution in [0.2, 0.25) is 0 Å². The van der Waals surface area contributed by atoms with Crippen LogP contribution >= 0.6 is 0 Å². The lowest BCUT2D eigenvalue weighted by Crippen LogP contribution is -2.31. The summed E-state index contributed by atoms with van der Waals surface area (Å²) in [5.41, 5.74) is -0.587. The van der Waals surface area contributed by atoms with Crippen LogP contribution < -0.4 is 0 Å². The number of hydrogen-bond acceptors (Lipinski definition) is 2. The SMILES string of the molecule is CC(C)CCCCCCCCCCCCCCCC(CCCCCCCCCCCCCCCC(C)C)(CCCCCCC(=O)O)C(=O)O. The Bertz CT molecular complexity index is 677. The molecule has 0 aliphatic carbocycles. The van der Waals surface area contributed by atoms with Gasteiger partial charge in [-0.1, -0.05) is 227 Å². The highest BCUT2D eigenvalue weighted by molar-refractivity contribution is 5.74. The summed E-state index contributed by atoms with van der Waals surface area (Å²) >= 11 is 0. The Balaban J connectivity index is 4.21. The zero-order valence-corrected chi connectivity index (χ0v) is 33.8. The smallest absolute Gasteiger partial charge is 0.309 e. The number of rotatable bonds is 40. The van der Waals surface area contributed by atoms with Gasteiger partial charge in [0, 0.05) is 6.42 Å². The zero-order chi connectivity index (χ0) is 36.3. The van der Waals surface area contributed by atoms with Crippen LogP contribution in [0.3, 0.4) is 0 Å². The van der Waals surface area contributed by atoms with E-state index in [1.54, 1.807) is 0 Å². The lowest BCUT2D eigenvalue weighted by molar-refractivity contribution is -0.150. The Morgan fingerprint density at radius 2 is 0.592 bits per heavy atom. The van der Waals surface area contributed by atoms with Crippen molar-refractivity contribution in [2.24, 2.45) is 17.3 Å². The Morgan fingerprint density at radius 3 is 0.816 bits per heavy atom. The lowest BCUT2D eigenvalue weighted by Gasteiger charge is -2.30. The van der Waals surface area contributed by atoms with Gasteiger partial charge in [0.25, 0.3) is 0 Å². The van der Waals surface area contributed by atoms with E-state index in [4.69, 9.17) is 5.11 Å². The Labute approximate surface area is 307 Å². The number of carboxylic acids is 2. The van der Waals surface area contributed by atoms with Crippen LogP contribution in [-0.2, 0) is 9.59 Å². The molecule has 2 N–H and O–H groups in total. The molecule has 0 radical (unpaired) electrons. The molecule has 0 aromatic rings. The second-order valence-electron chi connectivity index (χ2n) is 17.0. The first-order chi connectivity index (χ1) is 23.7. The molecule has 0 atom stereocenters. The molecule has 0 heterocycles. The van der Waals surface area contributed by atoms with Gasteiger partial charge < -0.3 is 10.2 Å². The van der Waals surface area contributed by atoms with Gasteiger partial charge in [0.15, 0.2) is 0 Å². The van der Waals surface area contributed by atoms with Crippen LogP contribution in [0, 0.1) is 17.3 Å². The van der Waals surface area contributed by atoms with Crippen LogP contribution in [0.1, 0.15) is 259 Å². The second-order valence-corrected chi connectivity index (χ2v) is 17.0. The Kier molecular flexibility index (Phi) is 34.6. The van der Waals surface area contributed by atoms with Gasteiger partial charge in [0.1, 0.15) is 0 Å². The van der Waals surface area contributed by atoms with Crippen LogP contribution in [0.4, 0.5) is 0 Å². The molecule has 0 amide bonds. The third-order valence-electron chi connectivity index (χ3n) is 11.1. The summed E-state index contributed by atoms with van der Waals surface area (Å²) in [4.78, 5) is 23.6. The monoisotopic (exact) mass is 693 g/mol. The number of carbonyl (C=O) groups is 2. The van der Waals surface area contributed by atoms with E-state index < -0.39 is 17.4 Å². The highest BCUT2D eigenvalue weighted by Crippen LogP contribution is 2.38. The molecule has 0 aliphatic rings. The van der Waals surface area contributed by atoms with Gasteiger partial charge in [-0.15, -0.1) is 0 Å². The maximum Gasteiger partial charge on any atom is 0.309 e. The molecule has 0 saturated carbocycles. The molecule has 0 aliphatic heterocycles. The third kappa shape index (κ3) is 33.8. The molecular formula is C45H88O4. The molecule has 0 aromatic carbocycles. The van der Waals surface area contributed by atoms with E-state index in [-0.39, 0.29) is 6.42 Å². The largest absolute Gasteiger partial charge is 0.481 e. The molecule has 4 heteroatoms. The molecule has 292 valence electrons. The van der Waals surface area contributed by atoms with E-state index >= 15 is 0 Å². The summed E-state index contributed by atoms with van der Waals surface area (Å²) in [5, 5.41) is 19.4. The number of aliphatic carboxylic acids is 2. The van der Waals surface area contributed by atoms with Gasteiger partial charge in [-0.3, -0.25) is 9.59 Å². The quantitative estimate of drug-likeness (QED) is 0.0627. The number of unbranched alkanes of at least 4 members (excludes halogenated alkanes) is 27. The molecule has 0 saturated heterocycles. The molecule has 4 nitrogen and oxygen atoms in total. The zero-order valence-electron chi connectivity index (χ0n) is 33.8. The normalized spacial score (nSPS) is 12.0. The minimum Gasteiger partial charge on any atom is -0.481 e. The first kappa shape index (κ1) is 47.9.